The van der Waals surface area contributed by atoms with E-state index in [-0.39, 0.29) is 6.10 Å². The first-order chi connectivity index (χ1) is 15.2. The Morgan fingerprint density at radius 2 is 1.16 bits per heavy atom. The maximum absolute atomic E-state index is 7.32. The minimum atomic E-state index is -0.656. The van der Waals surface area contributed by atoms with Gasteiger partial charge in [-0.15, -0.1) is 0 Å². The summed E-state index contributed by atoms with van der Waals surface area (Å²) < 4.78 is 9.49. The zero-order chi connectivity index (χ0) is 21.5. The number of hydrogen-bond donors (Lipinski definition) is 0. The van der Waals surface area contributed by atoms with Gasteiger partial charge in [0.2, 0.25) is 0 Å². The minimum absolute atomic E-state index is 0.0677. The van der Waals surface area contributed by atoms with Gasteiger partial charge in [0, 0.05) is 0 Å². The van der Waals surface area contributed by atoms with E-state index in [2.05, 4.69) is 126 Å². The molecule has 2 heteroatoms. The second-order valence-electron chi connectivity index (χ2n) is 8.91. The molecule has 1 unspecified atom stereocenters. The van der Waals surface area contributed by atoms with Crippen molar-refractivity contribution in [2.45, 2.75) is 44.3 Å². The summed E-state index contributed by atoms with van der Waals surface area (Å²) in [6.07, 6.45) is 7.38. The molecule has 1 fully saturated rings. The SMILES string of the molecule is [Li]/[CH]=C/C(OC(c1ccccc1)(c1ccccc1)c1ccccc1)C1CCC(C)CC1. The molecule has 1 saturated carbocycles. The zero-order valence-electron chi connectivity index (χ0n) is 18.8. The second-order valence-corrected chi connectivity index (χ2v) is 8.91. The molecule has 0 aromatic heterocycles. The predicted molar refractivity (Wildman–Crippen MR) is 130 cm³/mol. The first-order valence-corrected chi connectivity index (χ1v) is 11.7. The van der Waals surface area contributed by atoms with E-state index in [1.807, 2.05) is 0 Å². The molecule has 0 N–H and O–H groups in total. The van der Waals surface area contributed by atoms with E-state index < -0.39 is 5.60 Å². The average molecular weight is 403 g/mol. The molecule has 0 bridgehead atoms. The summed E-state index contributed by atoms with van der Waals surface area (Å²) in [5, 5.41) is 0. The average Bonchev–Trinajstić information content (AvgIpc) is 2.84. The fourth-order valence-electron chi connectivity index (χ4n) is 5.02. The third-order valence-corrected chi connectivity index (χ3v) is 6.76. The van der Waals surface area contributed by atoms with Gasteiger partial charge in [-0.25, -0.2) is 0 Å². The molecule has 0 amide bonds. The van der Waals surface area contributed by atoms with Crippen molar-refractivity contribution in [1.29, 1.82) is 0 Å². The molecule has 1 nitrogen and oxygen atoms in total. The molecule has 0 aliphatic heterocycles. The van der Waals surface area contributed by atoms with Crippen molar-refractivity contribution in [3.63, 3.8) is 0 Å². The molecule has 1 aliphatic carbocycles. The van der Waals surface area contributed by atoms with Crippen LogP contribution in [0.25, 0.3) is 0 Å². The maximum atomic E-state index is 7.32. The Morgan fingerprint density at radius 3 is 1.55 bits per heavy atom. The molecule has 154 valence electrons. The fraction of sp³-hybridized carbons (Fsp3) is 0.310. The van der Waals surface area contributed by atoms with Gasteiger partial charge in [-0.05, 0) is 0 Å². The zero-order valence-corrected chi connectivity index (χ0v) is 18.8. The number of rotatable bonds is 7. The van der Waals surface area contributed by atoms with Crippen molar-refractivity contribution < 1.29 is 4.74 Å². The van der Waals surface area contributed by atoms with Crippen molar-refractivity contribution in [3.05, 3.63) is 119 Å². The molecule has 31 heavy (non-hydrogen) atoms. The first kappa shape index (κ1) is 22.2. The van der Waals surface area contributed by atoms with E-state index in [9.17, 15) is 0 Å². The van der Waals surface area contributed by atoms with Crippen LogP contribution in [0.2, 0.25) is 0 Å². The van der Waals surface area contributed by atoms with Crippen molar-refractivity contribution in [2.24, 2.45) is 11.8 Å². The van der Waals surface area contributed by atoms with E-state index in [1.165, 1.54) is 42.4 Å². The number of ether oxygens (including phenoxy) is 1. The Morgan fingerprint density at radius 1 is 0.742 bits per heavy atom. The van der Waals surface area contributed by atoms with Gasteiger partial charge in [-0.2, -0.15) is 0 Å². The van der Waals surface area contributed by atoms with Gasteiger partial charge < -0.3 is 0 Å². The summed E-state index contributed by atoms with van der Waals surface area (Å²) in [7, 11) is 0. The third kappa shape index (κ3) is 4.91. The van der Waals surface area contributed by atoms with Gasteiger partial charge in [0.05, 0.1) is 0 Å². The number of benzene rings is 3. The number of hydrogen-bond acceptors (Lipinski definition) is 1. The van der Waals surface area contributed by atoms with Crippen molar-refractivity contribution in [2.75, 3.05) is 0 Å². The van der Waals surface area contributed by atoms with Crippen molar-refractivity contribution in [3.8, 4) is 0 Å². The molecule has 1 atom stereocenters. The van der Waals surface area contributed by atoms with Crippen LogP contribution in [0.4, 0.5) is 0 Å². The third-order valence-electron chi connectivity index (χ3n) is 6.76. The van der Waals surface area contributed by atoms with Crippen LogP contribution in [0.5, 0.6) is 0 Å². The molecule has 0 heterocycles. The molecule has 1 aliphatic rings. The predicted octanol–water partition coefficient (Wildman–Crippen LogP) is 6.87. The molecule has 3 aromatic rings. The summed E-state index contributed by atoms with van der Waals surface area (Å²) in [5.74, 6) is 1.37. The van der Waals surface area contributed by atoms with E-state index in [0.717, 1.165) is 5.92 Å². The summed E-state index contributed by atoms with van der Waals surface area (Å²) in [4.78, 5) is 0. The van der Waals surface area contributed by atoms with Crippen molar-refractivity contribution in [1.82, 2.24) is 0 Å². The van der Waals surface area contributed by atoms with Crippen LogP contribution in [-0.2, 0) is 10.3 Å². The Hall–Kier alpha value is -2.04. The van der Waals surface area contributed by atoms with E-state index in [1.54, 1.807) is 0 Å². The molecular weight excluding hydrogens is 371 g/mol. The van der Waals surface area contributed by atoms with Gasteiger partial charge in [0.15, 0.2) is 0 Å². The van der Waals surface area contributed by atoms with E-state index >= 15 is 0 Å². The monoisotopic (exact) mass is 402 g/mol. The molecule has 0 saturated heterocycles. The normalized spacial score (nSPS) is 20.6. The molecule has 0 spiro atoms. The topological polar surface area (TPSA) is 9.23 Å². The van der Waals surface area contributed by atoms with Crippen LogP contribution in [0, 0.1) is 11.8 Å². The van der Waals surface area contributed by atoms with E-state index in [4.69, 9.17) is 4.74 Å². The standard InChI is InChI=1S/C29H31O.Li/c1-3-28(24-21-19-23(2)20-22-24)30-29(25-13-7-4-8-14-25,26-15-9-5-10-16-26)27-17-11-6-12-18-27;/h1,3-18,23-24,28H,19-22H2,2H3;. The Labute approximate surface area is 196 Å². The molecular formula is C29H31LiO. The summed E-state index contributed by atoms with van der Waals surface area (Å²) in [6.45, 7) is 2.38. The summed E-state index contributed by atoms with van der Waals surface area (Å²) in [6, 6.07) is 32.2. The quantitative estimate of drug-likeness (QED) is 0.309. The first-order valence-electron chi connectivity index (χ1n) is 11.7. The second kappa shape index (κ2) is 10.5. The van der Waals surface area contributed by atoms with Crippen LogP contribution in [0.1, 0.15) is 49.3 Å². The Bertz CT molecular complexity index is 847. The van der Waals surface area contributed by atoms with Crippen LogP contribution in [0.3, 0.4) is 0 Å². The van der Waals surface area contributed by atoms with Gasteiger partial charge in [-0.1, -0.05) is 0 Å². The van der Waals surface area contributed by atoms with Crippen molar-refractivity contribution >= 4 is 17.7 Å². The fourth-order valence-corrected chi connectivity index (χ4v) is 5.02. The summed E-state index contributed by atoms with van der Waals surface area (Å²) >= 11 is 2.11. The molecule has 3 aromatic carbocycles. The molecule has 4 rings (SSSR count). The van der Waals surface area contributed by atoms with Gasteiger partial charge in [-0.3, -0.25) is 0 Å². The van der Waals surface area contributed by atoms with Gasteiger partial charge >= 0.3 is 197 Å². The van der Waals surface area contributed by atoms with Gasteiger partial charge in [0.25, 0.3) is 0 Å². The molecule has 0 radical (unpaired) electrons. The van der Waals surface area contributed by atoms with Gasteiger partial charge in [0.1, 0.15) is 0 Å². The van der Waals surface area contributed by atoms with Crippen LogP contribution >= 0.6 is 0 Å². The summed E-state index contributed by atoms with van der Waals surface area (Å²) in [5.41, 5.74) is 2.86. The Kier molecular flexibility index (Phi) is 7.52. The Balaban J connectivity index is 1.87. The van der Waals surface area contributed by atoms with E-state index in [0.29, 0.717) is 5.92 Å². The van der Waals surface area contributed by atoms with Crippen LogP contribution in [0.15, 0.2) is 102 Å². The van der Waals surface area contributed by atoms with Crippen LogP contribution < -0.4 is 0 Å². The van der Waals surface area contributed by atoms with Crippen LogP contribution in [-0.4, -0.2) is 23.8 Å².